The topological polar surface area (TPSA) is 52.6 Å². The van der Waals surface area contributed by atoms with Crippen LogP contribution in [0, 0.1) is 0 Å². The first-order chi connectivity index (χ1) is 9.50. The molecule has 0 spiro atoms. The summed E-state index contributed by atoms with van der Waals surface area (Å²) in [5.41, 5.74) is -0.434. The molecule has 20 heavy (non-hydrogen) atoms. The fourth-order valence-electron chi connectivity index (χ4n) is 1.49. The molecule has 1 aromatic rings. The van der Waals surface area contributed by atoms with Crippen LogP contribution in [-0.4, -0.2) is 24.1 Å². The van der Waals surface area contributed by atoms with Crippen molar-refractivity contribution >= 4 is 35.1 Å². The van der Waals surface area contributed by atoms with Crippen molar-refractivity contribution in [1.82, 2.24) is 0 Å². The van der Waals surface area contributed by atoms with Crippen LogP contribution in [0.5, 0.6) is 0 Å². The minimum atomic E-state index is -0.726. The molecule has 0 aliphatic rings. The minimum Gasteiger partial charge on any atom is -0.466 e. The fraction of sp³-hybridized carbons (Fsp3) is 0.429. The number of esters is 2. The van der Waals surface area contributed by atoms with E-state index in [1.54, 1.807) is 24.3 Å². The molecular formula is C14H16Cl2O4. The number of halogens is 2. The fourth-order valence-corrected chi connectivity index (χ4v) is 1.94. The first-order valence-electron chi connectivity index (χ1n) is 6.23. The van der Waals surface area contributed by atoms with Crippen LogP contribution < -0.4 is 0 Å². The van der Waals surface area contributed by atoms with Gasteiger partial charge in [0.2, 0.25) is 0 Å². The zero-order valence-electron chi connectivity index (χ0n) is 11.1. The van der Waals surface area contributed by atoms with E-state index in [4.69, 9.17) is 32.7 Å². The molecule has 1 atom stereocenters. The van der Waals surface area contributed by atoms with Crippen LogP contribution in [0.1, 0.15) is 36.5 Å². The van der Waals surface area contributed by atoms with Crippen LogP contribution >= 0.6 is 23.2 Å². The zero-order chi connectivity index (χ0) is 15.0. The van der Waals surface area contributed by atoms with E-state index in [-0.39, 0.29) is 5.97 Å². The summed E-state index contributed by atoms with van der Waals surface area (Å²) in [6.07, 6.45) is 1.85. The van der Waals surface area contributed by atoms with Crippen LogP contribution in [0.3, 0.4) is 0 Å². The summed E-state index contributed by atoms with van der Waals surface area (Å²) >= 11 is 11.8. The third-order valence-corrected chi connectivity index (χ3v) is 3.10. The van der Waals surface area contributed by atoms with E-state index >= 15 is 0 Å². The highest BCUT2D eigenvalue weighted by Gasteiger charge is 2.15. The number of unbranched alkanes of at least 4 members (excludes halogenated alkanes) is 1. The molecule has 0 aliphatic heterocycles. The van der Waals surface area contributed by atoms with E-state index in [0.29, 0.717) is 36.5 Å². The minimum absolute atomic E-state index is 0.291. The van der Waals surface area contributed by atoms with Gasteiger partial charge in [-0.1, -0.05) is 35.3 Å². The largest absolute Gasteiger partial charge is 0.466 e. The lowest BCUT2D eigenvalue weighted by molar-refractivity contribution is -0.141. The molecule has 0 heterocycles. The second-order valence-electron chi connectivity index (χ2n) is 4.13. The van der Waals surface area contributed by atoms with Crippen molar-refractivity contribution in [2.24, 2.45) is 0 Å². The Bertz CT molecular complexity index is 462. The van der Waals surface area contributed by atoms with Crippen LogP contribution in [0.4, 0.5) is 0 Å². The van der Waals surface area contributed by atoms with Gasteiger partial charge in [-0.05, 0) is 31.4 Å². The number of carbonyl (C=O) groups is 2. The van der Waals surface area contributed by atoms with E-state index in [1.807, 2.05) is 0 Å². The Morgan fingerprint density at radius 2 is 1.95 bits per heavy atom. The average molecular weight is 319 g/mol. The first kappa shape index (κ1) is 16.8. The summed E-state index contributed by atoms with van der Waals surface area (Å²) in [6, 6.07) is 6.62. The highest BCUT2D eigenvalue weighted by molar-refractivity contribution is 6.33. The first-order valence-corrected chi connectivity index (χ1v) is 7.05. The van der Waals surface area contributed by atoms with Gasteiger partial charge in [-0.15, -0.1) is 0 Å². The van der Waals surface area contributed by atoms with E-state index in [9.17, 15) is 9.59 Å². The molecular weight excluding hydrogens is 303 g/mol. The van der Waals surface area contributed by atoms with Crippen molar-refractivity contribution in [3.05, 3.63) is 34.9 Å². The lowest BCUT2D eigenvalue weighted by Crippen LogP contribution is -2.13. The molecule has 0 saturated heterocycles. The molecule has 1 aromatic carbocycles. The summed E-state index contributed by atoms with van der Waals surface area (Å²) in [5, 5.41) is 0.330. The summed E-state index contributed by atoms with van der Waals surface area (Å²) in [4.78, 5) is 22.3. The van der Waals surface area contributed by atoms with Crippen molar-refractivity contribution in [3.63, 3.8) is 0 Å². The third-order valence-electron chi connectivity index (χ3n) is 2.46. The summed E-state index contributed by atoms with van der Waals surface area (Å²) < 4.78 is 9.86. The summed E-state index contributed by atoms with van der Waals surface area (Å²) in [6.45, 7) is 1.70. The number of hydrogen-bond acceptors (Lipinski definition) is 4. The Morgan fingerprint density at radius 3 is 2.60 bits per heavy atom. The van der Waals surface area contributed by atoms with Crippen LogP contribution in [0.2, 0.25) is 5.02 Å². The number of alkyl halides is 1. The van der Waals surface area contributed by atoms with Gasteiger partial charge in [0.1, 0.15) is 0 Å². The van der Waals surface area contributed by atoms with E-state index in [0.717, 1.165) is 0 Å². The molecule has 6 heteroatoms. The molecule has 1 rings (SSSR count). The normalized spacial score (nSPS) is 11.8. The molecule has 110 valence electrons. The highest BCUT2D eigenvalue weighted by atomic mass is 35.5. The Labute approximate surface area is 128 Å². The molecule has 0 N–H and O–H groups in total. The van der Waals surface area contributed by atoms with Crippen molar-refractivity contribution in [3.8, 4) is 0 Å². The number of ether oxygens (including phenoxy) is 2. The van der Waals surface area contributed by atoms with Gasteiger partial charge < -0.3 is 9.47 Å². The number of carbonyl (C=O) groups excluding carboxylic acids is 2. The Balaban J connectivity index is 2.28. The molecule has 0 saturated carbocycles. The summed E-state index contributed by atoms with van der Waals surface area (Å²) in [5.74, 6) is -0.854. The van der Waals surface area contributed by atoms with Gasteiger partial charge in [-0.25, -0.2) is 4.79 Å². The van der Waals surface area contributed by atoms with Gasteiger partial charge in [-0.3, -0.25) is 4.79 Å². The maximum atomic E-state index is 11.8. The lowest BCUT2D eigenvalue weighted by atomic mass is 10.2. The lowest BCUT2D eigenvalue weighted by Gasteiger charge is -2.11. The molecule has 0 aromatic heterocycles. The van der Waals surface area contributed by atoms with Crippen molar-refractivity contribution in [2.45, 2.75) is 31.7 Å². The number of rotatable bonds is 7. The Hall–Kier alpha value is -1.26. The second kappa shape index (κ2) is 8.82. The van der Waals surface area contributed by atoms with Gasteiger partial charge in [0, 0.05) is 6.92 Å². The number of benzene rings is 1. The third kappa shape index (κ3) is 6.26. The SMILES string of the molecule is CC(=O)OCCCCC(Cl)OC(=O)c1ccccc1Cl. The second-order valence-corrected chi connectivity index (χ2v) is 5.03. The molecule has 0 radical (unpaired) electrons. The smallest absolute Gasteiger partial charge is 0.341 e. The van der Waals surface area contributed by atoms with Gasteiger partial charge in [-0.2, -0.15) is 0 Å². The molecule has 0 aliphatic carbocycles. The maximum Gasteiger partial charge on any atom is 0.341 e. The van der Waals surface area contributed by atoms with Gasteiger partial charge in [0.15, 0.2) is 5.56 Å². The Kier molecular flexibility index (Phi) is 7.41. The van der Waals surface area contributed by atoms with Crippen molar-refractivity contribution in [1.29, 1.82) is 0 Å². The van der Waals surface area contributed by atoms with E-state index in [2.05, 4.69) is 0 Å². The summed E-state index contributed by atoms with van der Waals surface area (Å²) in [7, 11) is 0. The van der Waals surface area contributed by atoms with Gasteiger partial charge in [0.05, 0.1) is 17.2 Å². The van der Waals surface area contributed by atoms with Crippen LogP contribution in [0.15, 0.2) is 24.3 Å². The number of hydrogen-bond donors (Lipinski definition) is 0. The molecule has 4 nitrogen and oxygen atoms in total. The monoisotopic (exact) mass is 318 g/mol. The van der Waals surface area contributed by atoms with Gasteiger partial charge in [0.25, 0.3) is 0 Å². The van der Waals surface area contributed by atoms with Crippen LogP contribution in [-0.2, 0) is 14.3 Å². The predicted molar refractivity (Wildman–Crippen MR) is 77.0 cm³/mol. The average Bonchev–Trinajstić information content (AvgIpc) is 2.38. The van der Waals surface area contributed by atoms with Gasteiger partial charge >= 0.3 is 11.9 Å². The Morgan fingerprint density at radius 1 is 1.25 bits per heavy atom. The maximum absolute atomic E-state index is 11.8. The zero-order valence-corrected chi connectivity index (χ0v) is 12.6. The van der Waals surface area contributed by atoms with E-state index in [1.165, 1.54) is 6.92 Å². The quantitative estimate of drug-likeness (QED) is 0.436. The highest BCUT2D eigenvalue weighted by Crippen LogP contribution is 2.18. The predicted octanol–water partition coefficient (Wildman–Crippen LogP) is 3.80. The molecule has 0 fully saturated rings. The van der Waals surface area contributed by atoms with Crippen molar-refractivity contribution in [2.75, 3.05) is 6.61 Å². The van der Waals surface area contributed by atoms with Crippen LogP contribution in [0.25, 0.3) is 0 Å². The molecule has 0 bridgehead atoms. The van der Waals surface area contributed by atoms with Crippen molar-refractivity contribution < 1.29 is 19.1 Å². The molecule has 0 amide bonds. The standard InChI is InChI=1S/C14H16Cl2O4/c1-10(17)19-9-5-4-8-13(16)20-14(18)11-6-2-3-7-12(11)15/h2-3,6-7,13H,4-5,8-9H2,1H3. The van der Waals surface area contributed by atoms with E-state index < -0.39 is 11.5 Å². The molecule has 1 unspecified atom stereocenters.